The lowest BCUT2D eigenvalue weighted by atomic mass is 10.3. The molecule has 0 fully saturated rings. The van der Waals surface area contributed by atoms with Crippen molar-refractivity contribution in [2.45, 2.75) is 4.90 Å². The van der Waals surface area contributed by atoms with Crippen molar-refractivity contribution in [3.8, 4) is 0 Å². The molecular weight excluding hydrogens is 268 g/mol. The van der Waals surface area contributed by atoms with Gasteiger partial charge in [-0.05, 0) is 42.6 Å². The van der Waals surface area contributed by atoms with E-state index in [-0.39, 0.29) is 11.4 Å². The zero-order chi connectivity index (χ0) is 12.2. The molecule has 5 nitrogen and oxygen atoms in total. The molecule has 0 saturated carbocycles. The molecule has 1 aromatic rings. The SMILES string of the molecule is O=S(=O)([O-])c1cc(N=C=S)ccc1N=C=S. The molecule has 8 heteroatoms. The average Bonchev–Trinajstić information content (AvgIpc) is 2.19. The topological polar surface area (TPSA) is 81.9 Å². The van der Waals surface area contributed by atoms with E-state index in [2.05, 4.69) is 39.6 Å². The van der Waals surface area contributed by atoms with Crippen molar-refractivity contribution in [3.63, 3.8) is 0 Å². The van der Waals surface area contributed by atoms with Gasteiger partial charge in [-0.2, -0.15) is 9.98 Å². The van der Waals surface area contributed by atoms with Gasteiger partial charge in [-0.25, -0.2) is 8.42 Å². The Morgan fingerprint density at radius 3 is 2.31 bits per heavy atom. The van der Waals surface area contributed by atoms with E-state index < -0.39 is 15.0 Å². The van der Waals surface area contributed by atoms with E-state index in [0.29, 0.717) is 0 Å². The average molecular weight is 271 g/mol. The Labute approximate surface area is 102 Å². The quantitative estimate of drug-likeness (QED) is 0.477. The monoisotopic (exact) mass is 271 g/mol. The van der Waals surface area contributed by atoms with E-state index >= 15 is 0 Å². The van der Waals surface area contributed by atoms with E-state index in [9.17, 15) is 13.0 Å². The van der Waals surface area contributed by atoms with Crippen LogP contribution in [0.4, 0.5) is 11.4 Å². The Hall–Kier alpha value is -1.27. The molecular formula is C8H3N2O3S3-. The van der Waals surface area contributed by atoms with Crippen molar-refractivity contribution in [2.75, 3.05) is 0 Å². The number of aliphatic imine (C=N–C) groups is 2. The second-order valence-corrected chi connectivity index (χ2v) is 4.23. The molecule has 0 bridgehead atoms. The molecule has 1 aromatic carbocycles. The minimum atomic E-state index is -4.65. The molecule has 0 atom stereocenters. The standard InChI is InChI=1S/C8H4N2O3S3/c11-16(12,13)8-3-6(9-4-14)1-2-7(8)10-5-15/h1-3H,(H,11,12,13)/p-1. The Balaban J connectivity index is 3.56. The molecule has 16 heavy (non-hydrogen) atoms. The number of rotatable bonds is 3. The lowest BCUT2D eigenvalue weighted by molar-refractivity contribution is 0.463. The summed E-state index contributed by atoms with van der Waals surface area (Å²) >= 11 is 8.69. The van der Waals surface area contributed by atoms with Crippen LogP contribution in [0.5, 0.6) is 0 Å². The molecule has 0 N–H and O–H groups in total. The largest absolute Gasteiger partial charge is 0.744 e. The first-order valence-corrected chi connectivity index (χ1v) is 5.97. The summed E-state index contributed by atoms with van der Waals surface area (Å²) in [5.74, 6) is 0. The van der Waals surface area contributed by atoms with Gasteiger partial charge in [-0.3, -0.25) is 0 Å². The van der Waals surface area contributed by atoms with Crippen LogP contribution in [-0.2, 0) is 10.1 Å². The molecule has 0 spiro atoms. The van der Waals surface area contributed by atoms with Gasteiger partial charge in [-0.1, -0.05) is 0 Å². The van der Waals surface area contributed by atoms with E-state index in [0.717, 1.165) is 6.07 Å². The van der Waals surface area contributed by atoms with Gasteiger partial charge < -0.3 is 4.55 Å². The number of benzene rings is 1. The van der Waals surface area contributed by atoms with E-state index in [1.54, 1.807) is 0 Å². The predicted octanol–water partition coefficient (Wildman–Crippen LogP) is 2.06. The summed E-state index contributed by atoms with van der Waals surface area (Å²) in [5.41, 5.74) is 0.126. The normalized spacial score (nSPS) is 10.1. The summed E-state index contributed by atoms with van der Waals surface area (Å²) in [6, 6.07) is 3.77. The summed E-state index contributed by atoms with van der Waals surface area (Å²) in [5, 5.41) is 4.04. The van der Waals surface area contributed by atoms with E-state index in [4.69, 9.17) is 0 Å². The number of hydrogen-bond acceptors (Lipinski definition) is 7. The van der Waals surface area contributed by atoms with Crippen molar-refractivity contribution in [2.24, 2.45) is 9.98 Å². The highest BCUT2D eigenvalue weighted by atomic mass is 32.2. The first-order chi connectivity index (χ1) is 7.49. The molecule has 0 aliphatic carbocycles. The fraction of sp³-hybridized carbons (Fsp3) is 0. The fourth-order valence-corrected chi connectivity index (χ4v) is 1.81. The highest BCUT2D eigenvalue weighted by molar-refractivity contribution is 7.86. The van der Waals surface area contributed by atoms with Crippen LogP contribution in [0.1, 0.15) is 0 Å². The smallest absolute Gasteiger partial charge is 0.126 e. The molecule has 0 unspecified atom stereocenters. The summed E-state index contributed by atoms with van der Waals surface area (Å²) < 4.78 is 32.8. The van der Waals surface area contributed by atoms with Crippen molar-refractivity contribution < 1.29 is 13.0 Å². The number of thiocarbonyl (C=S) groups is 2. The second kappa shape index (κ2) is 5.18. The van der Waals surface area contributed by atoms with Gasteiger partial charge in [0.25, 0.3) is 0 Å². The van der Waals surface area contributed by atoms with Crippen LogP contribution in [0.2, 0.25) is 0 Å². The van der Waals surface area contributed by atoms with Gasteiger partial charge in [0, 0.05) is 0 Å². The molecule has 0 aromatic heterocycles. The molecule has 1 rings (SSSR count). The first-order valence-electron chi connectivity index (χ1n) is 3.74. The Morgan fingerprint density at radius 2 is 1.81 bits per heavy atom. The van der Waals surface area contributed by atoms with Gasteiger partial charge in [0.1, 0.15) is 10.1 Å². The van der Waals surface area contributed by atoms with Crippen LogP contribution in [0.15, 0.2) is 33.1 Å². The lowest BCUT2D eigenvalue weighted by Crippen LogP contribution is -1.98. The molecule has 0 amide bonds. The number of hydrogen-bond donors (Lipinski definition) is 0. The summed E-state index contributed by atoms with van der Waals surface area (Å²) in [4.78, 5) is 6.51. The molecule has 0 aliphatic rings. The van der Waals surface area contributed by atoms with Gasteiger partial charge in [-0.15, -0.1) is 0 Å². The van der Waals surface area contributed by atoms with Crippen molar-refractivity contribution in [1.29, 1.82) is 0 Å². The minimum absolute atomic E-state index is 0.0756. The number of nitrogens with zero attached hydrogens (tertiary/aromatic N) is 2. The van der Waals surface area contributed by atoms with Gasteiger partial charge in [0.15, 0.2) is 0 Å². The van der Waals surface area contributed by atoms with Crippen molar-refractivity contribution >= 4 is 56.3 Å². The zero-order valence-electron chi connectivity index (χ0n) is 7.58. The van der Waals surface area contributed by atoms with Crippen LogP contribution in [0.25, 0.3) is 0 Å². The number of isothiocyanates is 2. The molecule has 0 aliphatic heterocycles. The molecule has 0 heterocycles. The predicted molar refractivity (Wildman–Crippen MR) is 63.8 cm³/mol. The fourth-order valence-electron chi connectivity index (χ4n) is 0.967. The lowest BCUT2D eigenvalue weighted by Gasteiger charge is -2.09. The Morgan fingerprint density at radius 1 is 1.19 bits per heavy atom. The molecule has 0 radical (unpaired) electrons. The summed E-state index contributed by atoms with van der Waals surface area (Å²) in [6.07, 6.45) is 0. The van der Waals surface area contributed by atoms with Crippen LogP contribution in [0.3, 0.4) is 0 Å². The van der Waals surface area contributed by atoms with Gasteiger partial charge >= 0.3 is 0 Å². The van der Waals surface area contributed by atoms with E-state index in [1.165, 1.54) is 12.1 Å². The van der Waals surface area contributed by atoms with Crippen LogP contribution in [-0.4, -0.2) is 23.3 Å². The summed E-state index contributed by atoms with van der Waals surface area (Å²) in [6.45, 7) is 0. The first kappa shape index (κ1) is 12.8. The minimum Gasteiger partial charge on any atom is -0.744 e. The molecule has 0 saturated heterocycles. The Kier molecular flexibility index (Phi) is 4.14. The van der Waals surface area contributed by atoms with Crippen LogP contribution < -0.4 is 0 Å². The van der Waals surface area contributed by atoms with Gasteiger partial charge in [0.2, 0.25) is 0 Å². The maximum atomic E-state index is 10.9. The van der Waals surface area contributed by atoms with Crippen LogP contribution >= 0.6 is 24.4 Å². The highest BCUT2D eigenvalue weighted by Gasteiger charge is 2.09. The third-order valence-corrected chi connectivity index (χ3v) is 2.60. The third kappa shape index (κ3) is 3.11. The summed E-state index contributed by atoms with van der Waals surface area (Å²) in [7, 11) is -4.65. The highest BCUT2D eigenvalue weighted by Crippen LogP contribution is 2.28. The maximum absolute atomic E-state index is 10.9. The van der Waals surface area contributed by atoms with Crippen molar-refractivity contribution in [3.05, 3.63) is 18.2 Å². The van der Waals surface area contributed by atoms with Crippen LogP contribution in [0, 0.1) is 0 Å². The Bertz CT molecular complexity index is 611. The van der Waals surface area contributed by atoms with Gasteiger partial charge in [0.05, 0.1) is 26.6 Å². The van der Waals surface area contributed by atoms with E-state index in [1.807, 2.05) is 5.16 Å². The second-order valence-electron chi connectivity index (χ2n) is 2.51. The molecule has 82 valence electrons. The maximum Gasteiger partial charge on any atom is 0.126 e. The zero-order valence-corrected chi connectivity index (χ0v) is 10.0. The third-order valence-electron chi connectivity index (χ3n) is 1.55. The van der Waals surface area contributed by atoms with Crippen molar-refractivity contribution in [1.82, 2.24) is 0 Å².